The van der Waals surface area contributed by atoms with Gasteiger partial charge in [0, 0.05) is 19.4 Å². The molecule has 0 bridgehead atoms. The number of halogens is 2. The molecule has 5 nitrogen and oxygen atoms in total. The molecule has 0 radical (unpaired) electrons. The van der Waals surface area contributed by atoms with Gasteiger partial charge in [-0.15, -0.1) is 0 Å². The predicted octanol–water partition coefficient (Wildman–Crippen LogP) is 5.50. The number of hydrogen-bond acceptors (Lipinski definition) is 3. The Morgan fingerprint density at radius 2 is 1.81 bits per heavy atom. The van der Waals surface area contributed by atoms with Gasteiger partial charge in [-0.05, 0) is 60.2 Å². The largest absolute Gasteiger partial charge is 0.487 e. The minimum absolute atomic E-state index is 0.0887. The van der Waals surface area contributed by atoms with Crippen molar-refractivity contribution >= 4 is 23.5 Å². The molecule has 3 aromatic rings. The molecule has 1 N–H and O–H groups in total. The van der Waals surface area contributed by atoms with Crippen LogP contribution in [0.3, 0.4) is 0 Å². The van der Waals surface area contributed by atoms with Crippen LogP contribution >= 0.6 is 11.6 Å². The summed E-state index contributed by atoms with van der Waals surface area (Å²) < 4.78 is 20.1. The molecule has 1 aliphatic rings. The molecule has 188 valence electrons. The van der Waals surface area contributed by atoms with E-state index in [1.807, 2.05) is 55.5 Å². The summed E-state index contributed by atoms with van der Waals surface area (Å²) in [6.45, 7) is 2.03. The van der Waals surface area contributed by atoms with E-state index in [1.54, 1.807) is 12.1 Å². The van der Waals surface area contributed by atoms with Crippen LogP contribution in [0.4, 0.5) is 4.39 Å². The Kier molecular flexibility index (Phi) is 7.94. The number of fused-ring (bicyclic) bond motifs is 1. The number of hydrogen-bond donors (Lipinski definition) is 1. The number of ether oxygens (including phenoxy) is 1. The Morgan fingerprint density at radius 1 is 1.06 bits per heavy atom. The first-order valence-electron chi connectivity index (χ1n) is 12.0. The second-order valence-electron chi connectivity index (χ2n) is 9.57. The van der Waals surface area contributed by atoms with Gasteiger partial charge in [0.2, 0.25) is 5.91 Å². The van der Waals surface area contributed by atoms with Crippen LogP contribution in [0, 0.1) is 5.82 Å². The second-order valence-corrected chi connectivity index (χ2v) is 9.98. The van der Waals surface area contributed by atoms with Crippen molar-refractivity contribution in [1.82, 2.24) is 4.90 Å². The summed E-state index contributed by atoms with van der Waals surface area (Å²) >= 11 is 5.80. The summed E-state index contributed by atoms with van der Waals surface area (Å²) in [5, 5.41) is 9.40. The van der Waals surface area contributed by atoms with Crippen LogP contribution in [0.2, 0.25) is 5.02 Å². The van der Waals surface area contributed by atoms with Crippen molar-refractivity contribution in [2.75, 3.05) is 13.1 Å². The van der Waals surface area contributed by atoms with Crippen LogP contribution in [-0.4, -0.2) is 40.6 Å². The third-order valence-electron chi connectivity index (χ3n) is 6.38. The SMILES string of the molecule is CC1(Cc2ccc(Cl)c(F)c2)Cc2cc(CC(=O)N(CCCc3ccccc3)CC(=O)O)ccc2O1. The zero-order valence-electron chi connectivity index (χ0n) is 20.2. The number of aryl methyl sites for hydroxylation is 1. The molecule has 1 aliphatic heterocycles. The third-order valence-corrected chi connectivity index (χ3v) is 6.68. The lowest BCUT2D eigenvalue weighted by Gasteiger charge is -2.24. The van der Waals surface area contributed by atoms with Gasteiger partial charge in [-0.1, -0.05) is 60.1 Å². The maximum atomic E-state index is 13.9. The van der Waals surface area contributed by atoms with Crippen molar-refractivity contribution in [3.05, 3.63) is 99.8 Å². The fourth-order valence-corrected chi connectivity index (χ4v) is 4.84. The van der Waals surface area contributed by atoms with E-state index in [9.17, 15) is 19.1 Å². The molecule has 1 heterocycles. The number of carbonyl (C=O) groups excluding carboxylic acids is 1. The summed E-state index contributed by atoms with van der Waals surface area (Å²) in [7, 11) is 0. The first-order valence-corrected chi connectivity index (χ1v) is 12.4. The van der Waals surface area contributed by atoms with Crippen molar-refractivity contribution in [2.45, 2.75) is 44.6 Å². The first kappa shape index (κ1) is 25.7. The van der Waals surface area contributed by atoms with Crippen molar-refractivity contribution in [2.24, 2.45) is 0 Å². The predicted molar refractivity (Wildman–Crippen MR) is 137 cm³/mol. The van der Waals surface area contributed by atoms with E-state index in [1.165, 1.54) is 11.0 Å². The number of nitrogens with zero attached hydrogens (tertiary/aromatic N) is 1. The summed E-state index contributed by atoms with van der Waals surface area (Å²) in [4.78, 5) is 25.8. The number of benzene rings is 3. The Bertz CT molecular complexity index is 1250. The van der Waals surface area contributed by atoms with Gasteiger partial charge in [0.05, 0.1) is 11.4 Å². The Hall–Kier alpha value is -3.38. The quantitative estimate of drug-likeness (QED) is 0.391. The summed E-state index contributed by atoms with van der Waals surface area (Å²) in [5.41, 5.74) is 3.19. The van der Waals surface area contributed by atoms with Crippen molar-refractivity contribution < 1.29 is 23.8 Å². The molecule has 1 unspecified atom stereocenters. The van der Waals surface area contributed by atoms with Gasteiger partial charge in [0.25, 0.3) is 0 Å². The molecular formula is C29H29ClFNO4. The van der Waals surface area contributed by atoms with Gasteiger partial charge in [0.15, 0.2) is 0 Å². The minimum Gasteiger partial charge on any atom is -0.487 e. The molecule has 4 rings (SSSR count). The van der Waals surface area contributed by atoms with E-state index >= 15 is 0 Å². The van der Waals surface area contributed by atoms with Crippen LogP contribution < -0.4 is 4.74 Å². The summed E-state index contributed by atoms with van der Waals surface area (Å²) in [6.07, 6.45) is 2.70. The van der Waals surface area contributed by atoms with Crippen LogP contribution in [0.5, 0.6) is 5.75 Å². The average Bonchev–Trinajstić information content (AvgIpc) is 3.16. The van der Waals surface area contributed by atoms with E-state index < -0.39 is 17.4 Å². The molecule has 1 amide bonds. The zero-order chi connectivity index (χ0) is 25.7. The molecule has 0 saturated carbocycles. The van der Waals surface area contributed by atoms with E-state index in [0.717, 1.165) is 34.4 Å². The normalized spacial score (nSPS) is 16.3. The molecule has 1 atom stereocenters. The number of carboxylic acids is 1. The highest BCUT2D eigenvalue weighted by Gasteiger charge is 2.35. The van der Waals surface area contributed by atoms with Crippen LogP contribution in [0.1, 0.15) is 35.6 Å². The topological polar surface area (TPSA) is 66.8 Å². The van der Waals surface area contributed by atoms with Gasteiger partial charge < -0.3 is 14.7 Å². The number of aliphatic carboxylic acids is 1. The van der Waals surface area contributed by atoms with Crippen LogP contribution in [0.25, 0.3) is 0 Å². The smallest absolute Gasteiger partial charge is 0.323 e. The molecule has 0 aliphatic carbocycles. The highest BCUT2D eigenvalue weighted by molar-refractivity contribution is 6.30. The number of carboxylic acid groups (broad SMARTS) is 1. The van der Waals surface area contributed by atoms with E-state index in [-0.39, 0.29) is 23.9 Å². The van der Waals surface area contributed by atoms with E-state index in [2.05, 4.69) is 0 Å². The Labute approximate surface area is 215 Å². The Balaban J connectivity index is 1.38. The summed E-state index contributed by atoms with van der Waals surface area (Å²) in [6, 6.07) is 20.3. The monoisotopic (exact) mass is 509 g/mol. The molecule has 0 saturated heterocycles. The van der Waals surface area contributed by atoms with Crippen LogP contribution in [0.15, 0.2) is 66.7 Å². The Morgan fingerprint density at radius 3 is 2.53 bits per heavy atom. The number of carbonyl (C=O) groups is 2. The van der Waals surface area contributed by atoms with Gasteiger partial charge in [-0.3, -0.25) is 9.59 Å². The molecule has 36 heavy (non-hydrogen) atoms. The standard InChI is InChI=1S/C29H29ClFNO4/c1-29(17-22-9-11-24(30)25(31)15-22)18-23-14-21(10-12-26(23)36-29)16-27(33)32(19-28(34)35)13-5-8-20-6-3-2-4-7-20/h2-4,6-7,9-12,14-15H,5,8,13,16-19H2,1H3,(H,34,35). The van der Waals surface area contributed by atoms with E-state index in [0.29, 0.717) is 25.8 Å². The minimum atomic E-state index is -1.03. The average molecular weight is 510 g/mol. The lowest BCUT2D eigenvalue weighted by Crippen LogP contribution is -2.37. The maximum Gasteiger partial charge on any atom is 0.323 e. The highest BCUT2D eigenvalue weighted by atomic mass is 35.5. The zero-order valence-corrected chi connectivity index (χ0v) is 20.9. The lowest BCUT2D eigenvalue weighted by atomic mass is 9.91. The number of amides is 1. The lowest BCUT2D eigenvalue weighted by molar-refractivity contribution is -0.144. The fourth-order valence-electron chi connectivity index (χ4n) is 4.73. The second kappa shape index (κ2) is 11.1. The van der Waals surface area contributed by atoms with Crippen molar-refractivity contribution in [3.8, 4) is 5.75 Å². The first-order chi connectivity index (χ1) is 17.2. The van der Waals surface area contributed by atoms with Crippen LogP contribution in [-0.2, 0) is 35.3 Å². The van der Waals surface area contributed by atoms with Gasteiger partial charge in [-0.2, -0.15) is 0 Å². The van der Waals surface area contributed by atoms with Gasteiger partial charge in [0.1, 0.15) is 23.7 Å². The molecule has 0 spiro atoms. The molecule has 7 heteroatoms. The number of rotatable bonds is 10. The third kappa shape index (κ3) is 6.64. The van der Waals surface area contributed by atoms with E-state index in [4.69, 9.17) is 16.3 Å². The fraction of sp³-hybridized carbons (Fsp3) is 0.310. The van der Waals surface area contributed by atoms with Crippen molar-refractivity contribution in [3.63, 3.8) is 0 Å². The van der Waals surface area contributed by atoms with Crippen molar-refractivity contribution in [1.29, 1.82) is 0 Å². The molecule has 3 aromatic carbocycles. The molecule has 0 fully saturated rings. The molecular weight excluding hydrogens is 481 g/mol. The maximum absolute atomic E-state index is 13.9. The highest BCUT2D eigenvalue weighted by Crippen LogP contribution is 2.38. The van der Waals surface area contributed by atoms with Gasteiger partial charge >= 0.3 is 5.97 Å². The van der Waals surface area contributed by atoms with Gasteiger partial charge in [-0.25, -0.2) is 4.39 Å². The summed E-state index contributed by atoms with van der Waals surface area (Å²) in [5.74, 6) is -0.958. The molecule has 0 aromatic heterocycles.